The van der Waals surface area contributed by atoms with Gasteiger partial charge in [0.15, 0.2) is 0 Å². The Morgan fingerprint density at radius 3 is 2.43 bits per heavy atom. The maximum Gasteiger partial charge on any atom is 0.335 e. The molecule has 1 aromatic rings. The fraction of sp³-hybridized carbons (Fsp3) is 0.263. The summed E-state index contributed by atoms with van der Waals surface area (Å²) in [6.45, 7) is 5.92. The van der Waals surface area contributed by atoms with E-state index in [0.717, 1.165) is 16.0 Å². The smallest absolute Gasteiger partial charge is 0.335 e. The van der Waals surface area contributed by atoms with Gasteiger partial charge < -0.3 is 9.84 Å². The van der Waals surface area contributed by atoms with Crippen molar-refractivity contribution in [2.45, 2.75) is 32.8 Å². The highest BCUT2D eigenvalue weighted by Crippen LogP contribution is 2.24. The zero-order valence-corrected chi connectivity index (χ0v) is 14.2. The molecule has 0 saturated heterocycles. The van der Waals surface area contributed by atoms with Gasteiger partial charge in [-0.1, -0.05) is 30.1 Å². The second-order valence-electron chi connectivity index (χ2n) is 6.14. The minimum absolute atomic E-state index is 0.245. The molecule has 23 heavy (non-hydrogen) atoms. The largest absolute Gasteiger partial charge is 0.487 e. The first-order valence-electron chi connectivity index (χ1n) is 7.24. The summed E-state index contributed by atoms with van der Waals surface area (Å²) in [7, 11) is 0. The number of rotatable bonds is 2. The lowest BCUT2D eigenvalue weighted by Gasteiger charge is -2.25. The monoisotopic (exact) mass is 326 g/mol. The number of thiocarbonyl (C=S) groups is 1. The molecule has 0 unspecified atom stereocenters. The minimum Gasteiger partial charge on any atom is -0.487 e. The Morgan fingerprint density at radius 1 is 1.22 bits per heavy atom. The number of ether oxygens (including phenoxy) is 1. The lowest BCUT2D eigenvalue weighted by atomic mass is 10.0. The highest BCUT2D eigenvalue weighted by molar-refractivity contribution is 7.80. The lowest BCUT2D eigenvalue weighted by Crippen LogP contribution is -2.20. The van der Waals surface area contributed by atoms with E-state index in [9.17, 15) is 4.79 Å². The molecule has 1 N–H and O–H groups in total. The van der Waals surface area contributed by atoms with Crippen molar-refractivity contribution in [2.24, 2.45) is 0 Å². The van der Waals surface area contributed by atoms with Gasteiger partial charge in [-0.2, -0.15) is 0 Å². The van der Waals surface area contributed by atoms with Gasteiger partial charge in [0.1, 0.15) is 11.4 Å². The van der Waals surface area contributed by atoms with Gasteiger partial charge in [0.25, 0.3) is 0 Å². The third kappa shape index (κ3) is 5.08. The van der Waals surface area contributed by atoms with Gasteiger partial charge in [0.2, 0.25) is 0 Å². The molecular formula is C19H18O3S. The van der Waals surface area contributed by atoms with Crippen molar-refractivity contribution in [3.8, 4) is 11.8 Å². The van der Waals surface area contributed by atoms with Crippen molar-refractivity contribution < 1.29 is 14.6 Å². The molecule has 1 aromatic carbocycles. The Balaban J connectivity index is 2.23. The van der Waals surface area contributed by atoms with E-state index in [1.807, 2.05) is 32.9 Å². The van der Waals surface area contributed by atoms with Crippen LogP contribution in [0.2, 0.25) is 0 Å². The van der Waals surface area contributed by atoms with Crippen LogP contribution in [-0.4, -0.2) is 21.5 Å². The van der Waals surface area contributed by atoms with E-state index in [4.69, 9.17) is 22.1 Å². The summed E-state index contributed by atoms with van der Waals surface area (Å²) in [6, 6.07) is 6.47. The predicted molar refractivity (Wildman–Crippen MR) is 94.5 cm³/mol. The quantitative estimate of drug-likeness (QED) is 0.655. The molecule has 1 aliphatic rings. The third-order valence-electron chi connectivity index (χ3n) is 2.95. The predicted octanol–water partition coefficient (Wildman–Crippen LogP) is 4.14. The number of carboxylic acid groups (broad SMARTS) is 1. The SMILES string of the molecule is CC(C)(C)OC1=CC(=S)CC=C1C#Cc1ccc(C(=O)O)cc1. The molecule has 0 amide bonds. The van der Waals surface area contributed by atoms with E-state index in [-0.39, 0.29) is 11.2 Å². The zero-order chi connectivity index (χ0) is 17.0. The molecule has 4 heteroatoms. The fourth-order valence-corrected chi connectivity index (χ4v) is 2.14. The highest BCUT2D eigenvalue weighted by atomic mass is 32.1. The Kier molecular flexibility index (Phi) is 5.02. The first kappa shape index (κ1) is 17.0. The van der Waals surface area contributed by atoms with Crippen LogP contribution in [-0.2, 0) is 4.74 Å². The van der Waals surface area contributed by atoms with Crippen LogP contribution >= 0.6 is 12.2 Å². The minimum atomic E-state index is -0.947. The Labute approximate surface area is 141 Å². The molecule has 2 rings (SSSR count). The van der Waals surface area contributed by atoms with E-state index in [1.54, 1.807) is 24.3 Å². The normalized spacial score (nSPS) is 14.3. The van der Waals surface area contributed by atoms with Gasteiger partial charge in [-0.25, -0.2) is 4.79 Å². The van der Waals surface area contributed by atoms with E-state index in [0.29, 0.717) is 12.2 Å². The first-order chi connectivity index (χ1) is 10.7. The summed E-state index contributed by atoms with van der Waals surface area (Å²) in [5, 5.41) is 8.90. The van der Waals surface area contributed by atoms with Crippen LogP contribution in [0.25, 0.3) is 0 Å². The van der Waals surface area contributed by atoms with Crippen LogP contribution < -0.4 is 0 Å². The summed E-state index contributed by atoms with van der Waals surface area (Å²) in [4.78, 5) is 11.7. The summed E-state index contributed by atoms with van der Waals surface area (Å²) in [5.74, 6) is 5.86. The maximum absolute atomic E-state index is 10.8. The van der Waals surface area contributed by atoms with Crippen molar-refractivity contribution in [1.29, 1.82) is 0 Å². The Morgan fingerprint density at radius 2 is 1.87 bits per heavy atom. The molecule has 3 nitrogen and oxygen atoms in total. The molecule has 0 fully saturated rings. The molecule has 0 saturated carbocycles. The van der Waals surface area contributed by atoms with Gasteiger partial charge in [0, 0.05) is 16.8 Å². The molecule has 0 spiro atoms. The molecule has 0 heterocycles. The molecule has 0 aliphatic heterocycles. The van der Waals surface area contributed by atoms with Gasteiger partial charge in [-0.05, 0) is 51.1 Å². The number of hydrogen-bond acceptors (Lipinski definition) is 3. The van der Waals surface area contributed by atoms with Crippen LogP contribution in [0.4, 0.5) is 0 Å². The van der Waals surface area contributed by atoms with Gasteiger partial charge in [-0.15, -0.1) is 0 Å². The maximum atomic E-state index is 10.8. The molecule has 118 valence electrons. The number of hydrogen-bond donors (Lipinski definition) is 1. The summed E-state index contributed by atoms with van der Waals surface area (Å²) in [6.07, 6.45) is 4.48. The lowest BCUT2D eigenvalue weighted by molar-refractivity contribution is 0.0583. The number of allylic oxidation sites excluding steroid dienone is 3. The van der Waals surface area contributed by atoms with Gasteiger partial charge >= 0.3 is 5.97 Å². The fourth-order valence-electron chi connectivity index (χ4n) is 1.95. The van der Waals surface area contributed by atoms with Crippen molar-refractivity contribution in [2.75, 3.05) is 0 Å². The van der Waals surface area contributed by atoms with E-state index in [1.165, 1.54) is 0 Å². The average molecular weight is 326 g/mol. The van der Waals surface area contributed by atoms with Crippen LogP contribution in [0, 0.1) is 11.8 Å². The Bertz CT molecular complexity index is 751. The van der Waals surface area contributed by atoms with Crippen LogP contribution in [0.3, 0.4) is 0 Å². The van der Waals surface area contributed by atoms with Crippen molar-refractivity contribution >= 4 is 23.1 Å². The van der Waals surface area contributed by atoms with E-state index < -0.39 is 5.97 Å². The van der Waals surface area contributed by atoms with Gasteiger partial charge in [-0.3, -0.25) is 0 Å². The molecule has 0 radical (unpaired) electrons. The molecule has 1 aliphatic carbocycles. The van der Waals surface area contributed by atoms with Crippen molar-refractivity contribution in [1.82, 2.24) is 0 Å². The standard InChI is InChI=1S/C19H18O3S/c1-19(2,3)22-17-12-16(23)11-10-14(17)7-4-13-5-8-15(9-6-13)18(20)21/h5-6,8-10,12H,11H2,1-3H3,(H,20,21). The second-order valence-corrected chi connectivity index (χ2v) is 6.67. The number of aromatic carboxylic acids is 1. The average Bonchev–Trinajstić information content (AvgIpc) is 2.45. The van der Waals surface area contributed by atoms with Crippen LogP contribution in [0.15, 0.2) is 47.7 Å². The third-order valence-corrected chi connectivity index (χ3v) is 3.24. The number of carbonyl (C=O) groups is 1. The summed E-state index contributed by atoms with van der Waals surface area (Å²) in [5.41, 5.74) is 1.47. The second kappa shape index (κ2) is 6.80. The van der Waals surface area contributed by atoms with Crippen LogP contribution in [0.5, 0.6) is 0 Å². The van der Waals surface area contributed by atoms with E-state index >= 15 is 0 Å². The number of carboxylic acids is 1. The highest BCUT2D eigenvalue weighted by Gasteiger charge is 2.18. The van der Waals surface area contributed by atoms with Gasteiger partial charge in [0.05, 0.1) is 11.1 Å². The van der Waals surface area contributed by atoms with E-state index in [2.05, 4.69) is 11.8 Å². The molecule has 0 bridgehead atoms. The van der Waals surface area contributed by atoms with Crippen molar-refractivity contribution in [3.05, 3.63) is 58.9 Å². The molecular weight excluding hydrogens is 308 g/mol. The topological polar surface area (TPSA) is 46.5 Å². The molecule has 0 aromatic heterocycles. The first-order valence-corrected chi connectivity index (χ1v) is 7.65. The summed E-state index contributed by atoms with van der Waals surface area (Å²) < 4.78 is 5.93. The summed E-state index contributed by atoms with van der Waals surface area (Å²) >= 11 is 5.24. The van der Waals surface area contributed by atoms with Crippen LogP contribution in [0.1, 0.15) is 43.1 Å². The molecule has 0 atom stereocenters. The zero-order valence-electron chi connectivity index (χ0n) is 13.3. The van der Waals surface area contributed by atoms with Crippen molar-refractivity contribution in [3.63, 3.8) is 0 Å². The number of benzene rings is 1. The Hall–Kier alpha value is -2.38.